The van der Waals surface area contributed by atoms with Crippen molar-refractivity contribution >= 4 is 27.3 Å². The van der Waals surface area contributed by atoms with Crippen molar-refractivity contribution in [2.75, 3.05) is 17.2 Å². The van der Waals surface area contributed by atoms with Crippen LogP contribution in [0.2, 0.25) is 0 Å². The fourth-order valence-electron chi connectivity index (χ4n) is 3.83. The van der Waals surface area contributed by atoms with Crippen LogP contribution in [0.15, 0.2) is 16.6 Å². The zero-order chi connectivity index (χ0) is 13.4. The summed E-state index contributed by atoms with van der Waals surface area (Å²) >= 11 is 3.71. The van der Waals surface area contributed by atoms with Crippen LogP contribution < -0.4 is 10.6 Å². The maximum Gasteiger partial charge on any atom is 0.0517 e. The minimum Gasteiger partial charge on any atom is -0.398 e. The van der Waals surface area contributed by atoms with Crippen LogP contribution in [0.3, 0.4) is 0 Å². The van der Waals surface area contributed by atoms with Crippen LogP contribution >= 0.6 is 15.9 Å². The molecule has 19 heavy (non-hydrogen) atoms. The molecule has 1 heterocycles. The summed E-state index contributed by atoms with van der Waals surface area (Å²) < 4.78 is 1.15. The molecule has 0 unspecified atom stereocenters. The number of benzene rings is 1. The lowest BCUT2D eigenvalue weighted by atomic mass is 9.78. The van der Waals surface area contributed by atoms with Gasteiger partial charge in [0.15, 0.2) is 0 Å². The topological polar surface area (TPSA) is 29.3 Å². The number of piperidine rings is 1. The van der Waals surface area contributed by atoms with E-state index in [2.05, 4.69) is 39.9 Å². The number of nitrogen functional groups attached to an aromatic ring is 1. The molecule has 0 aromatic heterocycles. The molecule has 1 aromatic rings. The van der Waals surface area contributed by atoms with Crippen LogP contribution in [0.4, 0.5) is 11.4 Å². The molecule has 2 atom stereocenters. The monoisotopic (exact) mass is 322 g/mol. The number of rotatable bonds is 1. The van der Waals surface area contributed by atoms with Gasteiger partial charge in [0, 0.05) is 22.7 Å². The number of anilines is 2. The van der Waals surface area contributed by atoms with E-state index in [0.717, 1.165) is 22.1 Å². The first kappa shape index (κ1) is 13.3. The maximum atomic E-state index is 6.00. The van der Waals surface area contributed by atoms with E-state index in [1.54, 1.807) is 0 Å². The van der Waals surface area contributed by atoms with Gasteiger partial charge >= 0.3 is 0 Å². The van der Waals surface area contributed by atoms with E-state index in [4.69, 9.17) is 5.73 Å². The van der Waals surface area contributed by atoms with Crippen LogP contribution in [-0.4, -0.2) is 12.6 Å². The predicted octanol–water partition coefficient (Wildman–Crippen LogP) is 4.50. The molecule has 1 aliphatic heterocycles. The molecule has 0 amide bonds. The third kappa shape index (κ3) is 2.49. The largest absolute Gasteiger partial charge is 0.398 e. The van der Waals surface area contributed by atoms with Gasteiger partial charge in [-0.2, -0.15) is 0 Å². The first-order chi connectivity index (χ1) is 9.16. The minimum absolute atomic E-state index is 0.752. The lowest BCUT2D eigenvalue weighted by molar-refractivity contribution is 0.243. The summed E-state index contributed by atoms with van der Waals surface area (Å²) in [6, 6.07) is 5.08. The highest BCUT2D eigenvalue weighted by molar-refractivity contribution is 9.10. The number of nitrogens with two attached hydrogens (primary N) is 1. The molecule has 3 heteroatoms. The quantitative estimate of drug-likeness (QED) is 0.771. The Morgan fingerprint density at radius 1 is 1.16 bits per heavy atom. The highest BCUT2D eigenvalue weighted by Gasteiger charge is 2.34. The number of nitrogens with zero attached hydrogens (tertiary/aromatic N) is 1. The second kappa shape index (κ2) is 5.35. The van der Waals surface area contributed by atoms with Gasteiger partial charge in [-0.05, 0) is 72.2 Å². The molecule has 1 saturated heterocycles. The maximum absolute atomic E-state index is 6.00. The van der Waals surface area contributed by atoms with Gasteiger partial charge in [0.2, 0.25) is 0 Å². The van der Waals surface area contributed by atoms with Crippen molar-refractivity contribution in [1.82, 2.24) is 0 Å². The van der Waals surface area contributed by atoms with E-state index < -0.39 is 0 Å². The van der Waals surface area contributed by atoms with Crippen molar-refractivity contribution in [3.8, 4) is 0 Å². The summed E-state index contributed by atoms with van der Waals surface area (Å²) in [5.74, 6) is 0.909. The molecule has 0 spiro atoms. The van der Waals surface area contributed by atoms with Crippen molar-refractivity contribution in [3.63, 3.8) is 0 Å². The normalized spacial score (nSPS) is 27.2. The average Bonchev–Trinajstić information content (AvgIpc) is 2.42. The van der Waals surface area contributed by atoms with Crippen molar-refractivity contribution in [2.24, 2.45) is 5.92 Å². The summed E-state index contributed by atoms with van der Waals surface area (Å²) in [5.41, 5.74) is 9.43. The van der Waals surface area contributed by atoms with Gasteiger partial charge in [-0.3, -0.25) is 0 Å². The van der Waals surface area contributed by atoms with Gasteiger partial charge in [0.1, 0.15) is 0 Å². The van der Waals surface area contributed by atoms with Crippen LogP contribution in [0.5, 0.6) is 0 Å². The van der Waals surface area contributed by atoms with Gasteiger partial charge in [0.05, 0.1) is 5.69 Å². The molecular weight excluding hydrogens is 300 g/mol. The fraction of sp³-hybridized carbons (Fsp3) is 0.625. The van der Waals surface area contributed by atoms with Crippen molar-refractivity contribution in [1.29, 1.82) is 0 Å². The number of aryl methyl sites for hydroxylation is 1. The third-order valence-electron chi connectivity index (χ3n) is 4.89. The Balaban J connectivity index is 1.93. The van der Waals surface area contributed by atoms with E-state index in [-0.39, 0.29) is 0 Å². The Hall–Kier alpha value is -0.700. The summed E-state index contributed by atoms with van der Waals surface area (Å²) in [6.07, 6.45) is 8.36. The molecular formula is C16H23BrN2. The first-order valence-corrected chi connectivity index (χ1v) is 8.28. The van der Waals surface area contributed by atoms with Gasteiger partial charge in [-0.15, -0.1) is 0 Å². The van der Waals surface area contributed by atoms with E-state index in [1.165, 1.54) is 56.3 Å². The summed E-state index contributed by atoms with van der Waals surface area (Å²) in [6.45, 7) is 3.30. The van der Waals surface area contributed by atoms with E-state index in [1.807, 2.05) is 0 Å². The third-order valence-corrected chi connectivity index (χ3v) is 5.52. The first-order valence-electron chi connectivity index (χ1n) is 7.49. The number of hydrogen-bond donors (Lipinski definition) is 1. The fourth-order valence-corrected chi connectivity index (χ4v) is 4.41. The van der Waals surface area contributed by atoms with Crippen LogP contribution in [-0.2, 0) is 0 Å². The molecule has 2 aliphatic rings. The Morgan fingerprint density at radius 3 is 2.74 bits per heavy atom. The lowest BCUT2D eigenvalue weighted by Crippen LogP contribution is -2.47. The molecule has 3 rings (SSSR count). The summed E-state index contributed by atoms with van der Waals surface area (Å²) in [7, 11) is 0. The molecule has 1 aliphatic carbocycles. The highest BCUT2D eigenvalue weighted by atomic mass is 79.9. The van der Waals surface area contributed by atoms with E-state index in [9.17, 15) is 0 Å². The second-order valence-corrected chi connectivity index (χ2v) is 6.96. The predicted molar refractivity (Wildman–Crippen MR) is 85.6 cm³/mol. The van der Waals surface area contributed by atoms with E-state index in [0.29, 0.717) is 0 Å². The molecule has 104 valence electrons. The molecule has 1 saturated carbocycles. The van der Waals surface area contributed by atoms with Gasteiger partial charge < -0.3 is 10.6 Å². The minimum atomic E-state index is 0.752. The Morgan fingerprint density at radius 2 is 1.89 bits per heavy atom. The average molecular weight is 323 g/mol. The van der Waals surface area contributed by atoms with Crippen molar-refractivity contribution < 1.29 is 0 Å². The molecule has 2 N–H and O–H groups in total. The summed E-state index contributed by atoms with van der Waals surface area (Å²) in [5, 5.41) is 0. The Labute approximate surface area is 124 Å². The number of fused-ring (bicyclic) bond motifs is 1. The molecule has 0 bridgehead atoms. The molecule has 2 fully saturated rings. The van der Waals surface area contributed by atoms with Crippen molar-refractivity contribution in [2.45, 2.75) is 51.5 Å². The standard InChI is InChI=1S/C16H23BrN2/c1-11-9-16(13(17)10-14(11)18)19-8-4-6-12-5-2-3-7-15(12)19/h9-10,12,15H,2-8,18H2,1H3/t12-,15-/m1/s1. The number of halogens is 1. The van der Waals surface area contributed by atoms with Gasteiger partial charge in [0.25, 0.3) is 0 Å². The molecule has 2 nitrogen and oxygen atoms in total. The van der Waals surface area contributed by atoms with Crippen molar-refractivity contribution in [3.05, 3.63) is 22.2 Å². The smallest absolute Gasteiger partial charge is 0.0517 e. The Bertz CT molecular complexity index is 470. The van der Waals surface area contributed by atoms with Crippen LogP contribution in [0, 0.1) is 12.8 Å². The molecule has 0 radical (unpaired) electrons. The van der Waals surface area contributed by atoms with Crippen LogP contribution in [0.25, 0.3) is 0 Å². The van der Waals surface area contributed by atoms with Gasteiger partial charge in [-0.25, -0.2) is 0 Å². The van der Waals surface area contributed by atoms with Crippen LogP contribution in [0.1, 0.15) is 44.1 Å². The zero-order valence-electron chi connectivity index (χ0n) is 11.7. The second-order valence-electron chi connectivity index (χ2n) is 6.11. The number of hydrogen-bond acceptors (Lipinski definition) is 2. The zero-order valence-corrected chi connectivity index (χ0v) is 13.2. The van der Waals surface area contributed by atoms with E-state index >= 15 is 0 Å². The Kier molecular flexibility index (Phi) is 3.75. The summed E-state index contributed by atoms with van der Waals surface area (Å²) in [4.78, 5) is 2.64. The highest BCUT2D eigenvalue weighted by Crippen LogP contribution is 2.41. The molecule has 1 aromatic carbocycles. The van der Waals surface area contributed by atoms with Gasteiger partial charge in [-0.1, -0.05) is 12.8 Å². The SMILES string of the molecule is Cc1cc(N2CCC[C@H]3CCCC[C@H]32)c(Br)cc1N. The lowest BCUT2D eigenvalue weighted by Gasteiger charge is -2.46.